The molecule has 0 radical (unpaired) electrons. The molecule has 0 aliphatic carbocycles. The van der Waals surface area contributed by atoms with Crippen LogP contribution in [0.1, 0.15) is 104 Å². The van der Waals surface area contributed by atoms with Gasteiger partial charge in [0.2, 0.25) is 11.8 Å². The predicted octanol–water partition coefficient (Wildman–Crippen LogP) is 5.83. The van der Waals surface area contributed by atoms with Gasteiger partial charge in [0.05, 0.1) is 0 Å². The summed E-state index contributed by atoms with van der Waals surface area (Å²) in [5, 5.41) is 5.93. The molecule has 2 N–H and O–H groups in total. The number of amides is 3. The SMILES string of the molecule is CCCC(C)NC(=O)C(c1ccc(C)cc1C)N(CCC)C(=O)C(NC(=O)OC(C)(C)C)C(C)CC. The summed E-state index contributed by atoms with van der Waals surface area (Å²) in [5.74, 6) is -0.628. The van der Waals surface area contributed by atoms with Crippen LogP contribution in [0.25, 0.3) is 0 Å². The molecule has 4 atom stereocenters. The Morgan fingerprint density at radius 2 is 1.64 bits per heavy atom. The average Bonchev–Trinajstić information content (AvgIpc) is 2.76. The molecule has 0 aliphatic rings. The van der Waals surface area contributed by atoms with Crippen LogP contribution >= 0.6 is 0 Å². The number of aryl methyl sites for hydroxylation is 2. The van der Waals surface area contributed by atoms with E-state index >= 15 is 0 Å². The largest absolute Gasteiger partial charge is 0.444 e. The molecule has 0 aliphatic heterocycles. The molecule has 36 heavy (non-hydrogen) atoms. The summed E-state index contributed by atoms with van der Waals surface area (Å²) in [4.78, 5) is 42.2. The first kappa shape index (κ1) is 31.5. The van der Waals surface area contributed by atoms with Gasteiger partial charge in [-0.2, -0.15) is 0 Å². The van der Waals surface area contributed by atoms with Gasteiger partial charge in [-0.25, -0.2) is 4.79 Å². The molecule has 0 spiro atoms. The Bertz CT molecular complexity index is 878. The van der Waals surface area contributed by atoms with E-state index in [1.54, 1.807) is 25.7 Å². The highest BCUT2D eigenvalue weighted by Gasteiger charge is 2.38. The second kappa shape index (κ2) is 14.2. The van der Waals surface area contributed by atoms with Gasteiger partial charge in [0.1, 0.15) is 17.7 Å². The van der Waals surface area contributed by atoms with Crippen LogP contribution in [-0.4, -0.2) is 47.0 Å². The topological polar surface area (TPSA) is 87.7 Å². The van der Waals surface area contributed by atoms with Gasteiger partial charge in [-0.1, -0.05) is 64.3 Å². The third-order valence-corrected chi connectivity index (χ3v) is 6.29. The summed E-state index contributed by atoms with van der Waals surface area (Å²) in [6.45, 7) is 19.7. The Balaban J connectivity index is 3.53. The molecule has 0 bridgehead atoms. The standard InChI is InChI=1S/C29H49N3O4/c1-11-14-22(7)30-26(33)25(23-16-15-19(4)18-21(23)6)32(17-12-2)27(34)24(20(5)13-3)31-28(35)36-29(8,9)10/h15-16,18,20,22,24-25H,11-14,17H2,1-10H3,(H,30,33)(H,31,35). The molecular weight excluding hydrogens is 454 g/mol. The Morgan fingerprint density at radius 1 is 1.00 bits per heavy atom. The Labute approximate surface area is 218 Å². The number of carbonyl (C=O) groups is 3. The number of benzene rings is 1. The van der Waals surface area contributed by atoms with Gasteiger partial charge in [-0.3, -0.25) is 9.59 Å². The number of alkyl carbamates (subject to hydrolysis) is 1. The van der Waals surface area contributed by atoms with E-state index in [2.05, 4.69) is 17.6 Å². The summed E-state index contributed by atoms with van der Waals surface area (Å²) < 4.78 is 5.46. The minimum absolute atomic E-state index is 0.0143. The quantitative estimate of drug-likeness (QED) is 0.376. The maximum atomic E-state index is 14.1. The molecule has 204 valence electrons. The molecule has 0 heterocycles. The fourth-order valence-electron chi connectivity index (χ4n) is 4.31. The van der Waals surface area contributed by atoms with E-state index in [-0.39, 0.29) is 23.8 Å². The maximum Gasteiger partial charge on any atom is 0.408 e. The molecule has 1 rings (SSSR count). The first-order chi connectivity index (χ1) is 16.7. The van der Waals surface area contributed by atoms with E-state index in [1.165, 1.54) is 0 Å². The van der Waals surface area contributed by atoms with Crippen molar-refractivity contribution in [3.63, 3.8) is 0 Å². The second-order valence-electron chi connectivity index (χ2n) is 11.0. The zero-order chi connectivity index (χ0) is 27.6. The second-order valence-corrected chi connectivity index (χ2v) is 11.0. The molecule has 1 aromatic carbocycles. The lowest BCUT2D eigenvalue weighted by Crippen LogP contribution is -2.55. The van der Waals surface area contributed by atoms with Crippen LogP contribution in [0.5, 0.6) is 0 Å². The number of ether oxygens (including phenoxy) is 1. The van der Waals surface area contributed by atoms with E-state index in [9.17, 15) is 14.4 Å². The number of hydrogen-bond donors (Lipinski definition) is 2. The van der Waals surface area contributed by atoms with Gasteiger partial charge in [-0.05, 0) is 71.4 Å². The van der Waals surface area contributed by atoms with Gasteiger partial charge < -0.3 is 20.3 Å². The summed E-state index contributed by atoms with van der Waals surface area (Å²) in [5.41, 5.74) is 2.15. The van der Waals surface area contributed by atoms with Gasteiger partial charge in [0, 0.05) is 12.6 Å². The van der Waals surface area contributed by atoms with Crippen molar-refractivity contribution in [2.75, 3.05) is 6.54 Å². The molecule has 0 fully saturated rings. The third-order valence-electron chi connectivity index (χ3n) is 6.29. The summed E-state index contributed by atoms with van der Waals surface area (Å²) in [7, 11) is 0. The fraction of sp³-hybridized carbons (Fsp3) is 0.690. The van der Waals surface area contributed by atoms with Crippen LogP contribution in [-0.2, 0) is 14.3 Å². The molecule has 0 saturated heterocycles. The van der Waals surface area contributed by atoms with Crippen molar-refractivity contribution in [3.8, 4) is 0 Å². The van der Waals surface area contributed by atoms with E-state index in [0.717, 1.165) is 29.5 Å². The summed E-state index contributed by atoms with van der Waals surface area (Å²) in [6.07, 6.45) is 2.51. The smallest absolute Gasteiger partial charge is 0.408 e. The number of nitrogens with one attached hydrogen (secondary N) is 2. The highest BCUT2D eigenvalue weighted by Crippen LogP contribution is 2.28. The van der Waals surface area contributed by atoms with Crippen LogP contribution < -0.4 is 10.6 Å². The van der Waals surface area contributed by atoms with E-state index in [4.69, 9.17) is 4.74 Å². The van der Waals surface area contributed by atoms with Crippen LogP contribution in [0, 0.1) is 19.8 Å². The minimum atomic E-state index is -0.814. The van der Waals surface area contributed by atoms with Crippen molar-refractivity contribution in [1.29, 1.82) is 0 Å². The van der Waals surface area contributed by atoms with Crippen LogP contribution in [0.3, 0.4) is 0 Å². The highest BCUT2D eigenvalue weighted by molar-refractivity contribution is 5.92. The Kier molecular flexibility index (Phi) is 12.4. The molecule has 7 heteroatoms. The highest BCUT2D eigenvalue weighted by atomic mass is 16.6. The van der Waals surface area contributed by atoms with Gasteiger partial charge in [0.15, 0.2) is 0 Å². The van der Waals surface area contributed by atoms with Gasteiger partial charge in [0.25, 0.3) is 0 Å². The lowest BCUT2D eigenvalue weighted by Gasteiger charge is -2.37. The number of carbonyl (C=O) groups excluding carboxylic acids is 3. The first-order valence-electron chi connectivity index (χ1n) is 13.4. The van der Waals surface area contributed by atoms with Crippen molar-refractivity contribution in [3.05, 3.63) is 34.9 Å². The van der Waals surface area contributed by atoms with Crippen molar-refractivity contribution in [1.82, 2.24) is 15.5 Å². The molecule has 4 unspecified atom stereocenters. The molecule has 1 aromatic rings. The van der Waals surface area contributed by atoms with Gasteiger partial charge in [-0.15, -0.1) is 0 Å². The fourth-order valence-corrected chi connectivity index (χ4v) is 4.31. The zero-order valence-electron chi connectivity index (χ0n) is 24.2. The van der Waals surface area contributed by atoms with Crippen LogP contribution in [0.15, 0.2) is 18.2 Å². The minimum Gasteiger partial charge on any atom is -0.444 e. The molecular formula is C29H49N3O4. The third kappa shape index (κ3) is 9.47. The van der Waals surface area contributed by atoms with Crippen LogP contribution in [0.4, 0.5) is 4.79 Å². The van der Waals surface area contributed by atoms with Crippen LogP contribution in [0.2, 0.25) is 0 Å². The Hall–Kier alpha value is -2.57. The van der Waals surface area contributed by atoms with Gasteiger partial charge >= 0.3 is 6.09 Å². The average molecular weight is 504 g/mol. The number of nitrogens with zero attached hydrogens (tertiary/aromatic N) is 1. The maximum absolute atomic E-state index is 14.1. The molecule has 0 saturated carbocycles. The molecule has 3 amide bonds. The van der Waals surface area contributed by atoms with Crippen molar-refractivity contribution in [2.45, 2.75) is 119 Å². The molecule has 0 aromatic heterocycles. The summed E-state index contributed by atoms with van der Waals surface area (Å²) >= 11 is 0. The Morgan fingerprint density at radius 3 is 2.14 bits per heavy atom. The van der Waals surface area contributed by atoms with E-state index in [1.807, 2.05) is 59.7 Å². The monoisotopic (exact) mass is 503 g/mol. The summed E-state index contributed by atoms with van der Waals surface area (Å²) in [6, 6.07) is 4.31. The lowest BCUT2D eigenvalue weighted by molar-refractivity contribution is -0.143. The van der Waals surface area contributed by atoms with E-state index < -0.39 is 23.8 Å². The number of rotatable bonds is 12. The van der Waals surface area contributed by atoms with E-state index in [0.29, 0.717) is 19.4 Å². The lowest BCUT2D eigenvalue weighted by atomic mass is 9.93. The molecule has 7 nitrogen and oxygen atoms in total. The van der Waals surface area contributed by atoms with Crippen molar-refractivity contribution < 1.29 is 19.1 Å². The van der Waals surface area contributed by atoms with Crippen molar-refractivity contribution >= 4 is 17.9 Å². The predicted molar refractivity (Wildman–Crippen MR) is 146 cm³/mol. The zero-order valence-corrected chi connectivity index (χ0v) is 24.2. The normalized spacial score (nSPS) is 14.8. The van der Waals surface area contributed by atoms with Crippen molar-refractivity contribution in [2.24, 2.45) is 5.92 Å². The first-order valence-corrected chi connectivity index (χ1v) is 13.4. The number of hydrogen-bond acceptors (Lipinski definition) is 4.